The van der Waals surface area contributed by atoms with E-state index in [0.29, 0.717) is 0 Å². The molecule has 0 spiro atoms. The summed E-state index contributed by atoms with van der Waals surface area (Å²) >= 11 is 0. The predicted molar refractivity (Wildman–Crippen MR) is 64.9 cm³/mol. The van der Waals surface area contributed by atoms with E-state index in [1.54, 1.807) is 6.92 Å². The van der Waals surface area contributed by atoms with Crippen LogP contribution in [0.1, 0.15) is 20.3 Å². The number of carbonyl (C=O) groups is 1. The molecule has 0 aromatic rings. The van der Waals surface area contributed by atoms with Crippen molar-refractivity contribution in [3.63, 3.8) is 0 Å². The second-order valence-corrected chi connectivity index (χ2v) is 6.11. The molecular formula is C10H19NO7S. The minimum atomic E-state index is -4.33. The van der Waals surface area contributed by atoms with Gasteiger partial charge in [0.1, 0.15) is 5.75 Å². The molecule has 1 unspecified atom stereocenters. The first kappa shape index (κ1) is 16.3. The van der Waals surface area contributed by atoms with E-state index in [1.165, 1.54) is 14.0 Å². The molecule has 1 amide bonds. The van der Waals surface area contributed by atoms with Crippen LogP contribution in [0, 0.1) is 0 Å². The zero-order valence-corrected chi connectivity index (χ0v) is 11.8. The third kappa shape index (κ3) is 4.39. The van der Waals surface area contributed by atoms with Crippen molar-refractivity contribution in [2.24, 2.45) is 0 Å². The van der Waals surface area contributed by atoms with Crippen LogP contribution in [0.2, 0.25) is 0 Å². The van der Waals surface area contributed by atoms with E-state index < -0.39 is 39.9 Å². The molecule has 0 aromatic heterocycles. The number of nitrogens with one attached hydrogen (secondary N) is 1. The maximum Gasteiger partial charge on any atom is 0.270 e. The number of aliphatic hydroxyl groups excluding tert-OH is 1. The maximum absolute atomic E-state index is 11.0. The topological polar surface area (TPSA) is 122 Å². The average Bonchev–Trinajstić information content (AvgIpc) is 2.21. The van der Waals surface area contributed by atoms with Crippen molar-refractivity contribution in [3.8, 4) is 0 Å². The monoisotopic (exact) mass is 297 g/mol. The first-order valence-corrected chi connectivity index (χ1v) is 7.33. The molecule has 8 nitrogen and oxygen atoms in total. The average molecular weight is 297 g/mol. The highest BCUT2D eigenvalue weighted by Crippen LogP contribution is 2.31. The number of aliphatic hydroxyl groups is 1. The van der Waals surface area contributed by atoms with Gasteiger partial charge in [-0.1, -0.05) is 0 Å². The Morgan fingerprint density at radius 3 is 2.53 bits per heavy atom. The lowest BCUT2D eigenvalue weighted by Gasteiger charge is -2.44. The minimum absolute atomic E-state index is 0.182. The van der Waals surface area contributed by atoms with Crippen LogP contribution >= 0.6 is 0 Å². The molecule has 1 rings (SSSR count). The SMILES string of the molecule is COC1(CS(=O)(=O)O)C[C@H](O)[C@@H](NC(C)=O)[C@H](C)O1. The van der Waals surface area contributed by atoms with Gasteiger partial charge in [0.2, 0.25) is 5.91 Å². The van der Waals surface area contributed by atoms with Gasteiger partial charge < -0.3 is 19.9 Å². The molecule has 3 N–H and O–H groups in total. The van der Waals surface area contributed by atoms with Crippen molar-refractivity contribution in [2.75, 3.05) is 12.9 Å². The maximum atomic E-state index is 11.0. The van der Waals surface area contributed by atoms with Crippen LogP contribution in [-0.4, -0.2) is 60.9 Å². The summed E-state index contributed by atoms with van der Waals surface area (Å²) in [5.74, 6) is -2.74. The number of rotatable bonds is 4. The van der Waals surface area contributed by atoms with Crippen LogP contribution in [0.4, 0.5) is 0 Å². The van der Waals surface area contributed by atoms with Crippen LogP contribution in [0.3, 0.4) is 0 Å². The summed E-state index contributed by atoms with van der Waals surface area (Å²) in [5.41, 5.74) is 0. The second-order valence-electron chi connectivity index (χ2n) is 4.66. The molecule has 0 bridgehead atoms. The Labute approximate surface area is 111 Å². The molecular weight excluding hydrogens is 278 g/mol. The molecule has 112 valence electrons. The largest absolute Gasteiger partial charge is 0.391 e. The normalized spacial score (nSPS) is 35.9. The Morgan fingerprint density at radius 1 is 1.58 bits per heavy atom. The number of ether oxygens (including phenoxy) is 2. The number of amides is 1. The van der Waals surface area contributed by atoms with Crippen molar-refractivity contribution in [1.82, 2.24) is 5.32 Å². The molecule has 1 aliphatic heterocycles. The molecule has 1 aliphatic rings. The predicted octanol–water partition coefficient (Wildman–Crippen LogP) is -1.11. The molecule has 1 heterocycles. The Bertz CT molecular complexity index is 423. The summed E-state index contributed by atoms with van der Waals surface area (Å²) in [5, 5.41) is 12.5. The lowest BCUT2D eigenvalue weighted by molar-refractivity contribution is -0.276. The molecule has 1 fully saturated rings. The highest BCUT2D eigenvalue weighted by Gasteiger charge is 2.48. The number of methoxy groups -OCH3 is 1. The van der Waals surface area contributed by atoms with Gasteiger partial charge in [0.25, 0.3) is 10.1 Å². The number of carbonyl (C=O) groups excluding carboxylic acids is 1. The second kappa shape index (κ2) is 5.71. The van der Waals surface area contributed by atoms with Gasteiger partial charge in [0.05, 0.1) is 18.2 Å². The zero-order chi connectivity index (χ0) is 14.8. The zero-order valence-electron chi connectivity index (χ0n) is 11.0. The van der Waals surface area contributed by atoms with Gasteiger partial charge in [-0.2, -0.15) is 8.42 Å². The van der Waals surface area contributed by atoms with Crippen LogP contribution < -0.4 is 5.32 Å². The lowest BCUT2D eigenvalue weighted by Crippen LogP contribution is -2.62. The fraction of sp³-hybridized carbons (Fsp3) is 0.900. The molecule has 19 heavy (non-hydrogen) atoms. The third-order valence-electron chi connectivity index (χ3n) is 2.99. The van der Waals surface area contributed by atoms with Gasteiger partial charge in [-0.15, -0.1) is 0 Å². The van der Waals surface area contributed by atoms with Crippen molar-refractivity contribution < 1.29 is 32.3 Å². The lowest BCUT2D eigenvalue weighted by atomic mass is 9.94. The molecule has 0 saturated carbocycles. The Kier molecular flexibility index (Phi) is 4.91. The fourth-order valence-corrected chi connectivity index (χ4v) is 3.09. The highest BCUT2D eigenvalue weighted by atomic mass is 32.2. The van der Waals surface area contributed by atoms with Crippen molar-refractivity contribution in [3.05, 3.63) is 0 Å². The van der Waals surface area contributed by atoms with Crippen molar-refractivity contribution in [2.45, 2.75) is 44.3 Å². The van der Waals surface area contributed by atoms with E-state index in [1.807, 2.05) is 0 Å². The van der Waals surface area contributed by atoms with Gasteiger partial charge in [0.15, 0.2) is 5.79 Å². The van der Waals surface area contributed by atoms with Gasteiger partial charge >= 0.3 is 0 Å². The Balaban J connectivity index is 2.89. The van der Waals surface area contributed by atoms with E-state index in [9.17, 15) is 18.3 Å². The number of hydrogen-bond donors (Lipinski definition) is 3. The summed E-state index contributed by atoms with van der Waals surface area (Å²) < 4.78 is 41.3. The van der Waals surface area contributed by atoms with Gasteiger partial charge in [-0.05, 0) is 6.92 Å². The molecule has 9 heteroatoms. The minimum Gasteiger partial charge on any atom is -0.391 e. The van der Waals surface area contributed by atoms with Gasteiger partial charge in [-0.25, -0.2) is 0 Å². The van der Waals surface area contributed by atoms with Crippen molar-refractivity contribution in [1.29, 1.82) is 0 Å². The van der Waals surface area contributed by atoms with Gasteiger partial charge in [0, 0.05) is 20.5 Å². The molecule has 1 saturated heterocycles. The first-order chi connectivity index (χ1) is 8.58. The van der Waals surface area contributed by atoms with E-state index in [0.717, 1.165) is 0 Å². The summed E-state index contributed by atoms with van der Waals surface area (Å²) in [7, 11) is -3.10. The van der Waals surface area contributed by atoms with E-state index in [2.05, 4.69) is 5.32 Å². The Morgan fingerprint density at radius 2 is 2.16 bits per heavy atom. The van der Waals surface area contributed by atoms with Crippen LogP contribution in [0.5, 0.6) is 0 Å². The number of hydrogen-bond acceptors (Lipinski definition) is 6. The summed E-state index contributed by atoms with van der Waals surface area (Å²) in [4.78, 5) is 11.0. The fourth-order valence-electron chi connectivity index (χ4n) is 2.23. The third-order valence-corrected chi connectivity index (χ3v) is 3.79. The molecule has 0 aromatic carbocycles. The van der Waals surface area contributed by atoms with Gasteiger partial charge in [-0.3, -0.25) is 9.35 Å². The van der Waals surface area contributed by atoms with Crippen LogP contribution in [-0.2, 0) is 24.4 Å². The van der Waals surface area contributed by atoms with E-state index in [4.69, 9.17) is 14.0 Å². The quantitative estimate of drug-likeness (QED) is 0.562. The first-order valence-electron chi connectivity index (χ1n) is 5.72. The Hall–Kier alpha value is -0.740. The van der Waals surface area contributed by atoms with Crippen molar-refractivity contribution >= 4 is 16.0 Å². The summed E-state index contributed by atoms with van der Waals surface area (Å²) in [6, 6.07) is -0.665. The molecule has 0 radical (unpaired) electrons. The molecule has 4 atom stereocenters. The molecule has 0 aliphatic carbocycles. The highest BCUT2D eigenvalue weighted by molar-refractivity contribution is 7.85. The van der Waals surface area contributed by atoms with Crippen LogP contribution in [0.25, 0.3) is 0 Å². The van der Waals surface area contributed by atoms with Crippen LogP contribution in [0.15, 0.2) is 0 Å². The van der Waals surface area contributed by atoms with E-state index in [-0.39, 0.29) is 12.3 Å². The summed E-state index contributed by atoms with van der Waals surface area (Å²) in [6.45, 7) is 2.87. The summed E-state index contributed by atoms with van der Waals surface area (Å²) in [6.07, 6.45) is -1.90. The van der Waals surface area contributed by atoms with E-state index >= 15 is 0 Å². The smallest absolute Gasteiger partial charge is 0.270 e. The standard InChI is InChI=1S/C10H19NO7S/c1-6-9(11-7(2)12)8(13)4-10(17-3,18-6)5-19(14,15)16/h6,8-9,13H,4-5H2,1-3H3,(H,11,12)(H,14,15,16)/t6-,8-,9-,10?/m0/s1.